The van der Waals surface area contributed by atoms with Crippen molar-refractivity contribution in [3.05, 3.63) is 0 Å². The number of hydrogen-bond acceptors (Lipinski definition) is 6. The zero-order valence-corrected chi connectivity index (χ0v) is 15.3. The molecule has 1 saturated carbocycles. The molecule has 1 N–H and O–H groups in total. The topological polar surface area (TPSA) is 60.4 Å². The van der Waals surface area contributed by atoms with Gasteiger partial charge in [0.05, 0.1) is 19.3 Å². The first kappa shape index (κ1) is 18.3. The highest BCUT2D eigenvalue weighted by Crippen LogP contribution is 2.41. The highest BCUT2D eigenvalue weighted by molar-refractivity contribution is 6.62. The molecule has 1 heterocycles. The quantitative estimate of drug-likeness (QED) is 0.735. The van der Waals surface area contributed by atoms with Crippen LogP contribution in [0.3, 0.4) is 0 Å². The van der Waals surface area contributed by atoms with Crippen LogP contribution < -0.4 is 0 Å². The van der Waals surface area contributed by atoms with E-state index in [-0.39, 0.29) is 17.7 Å². The Morgan fingerprint density at radius 3 is 2.23 bits per heavy atom. The van der Waals surface area contributed by atoms with Crippen LogP contribution in [0.4, 0.5) is 0 Å². The first-order valence-corrected chi connectivity index (χ1v) is 10.0. The monoisotopic (exact) mass is 333 g/mol. The normalized spacial score (nSPS) is 32.9. The van der Waals surface area contributed by atoms with Gasteiger partial charge in [0, 0.05) is 46.0 Å². The molecule has 6 nitrogen and oxygen atoms in total. The van der Waals surface area contributed by atoms with Gasteiger partial charge in [-0.15, -0.1) is 0 Å². The van der Waals surface area contributed by atoms with Crippen molar-refractivity contribution >= 4 is 8.80 Å². The van der Waals surface area contributed by atoms with Gasteiger partial charge in [0.2, 0.25) is 0 Å². The number of ether oxygens (including phenoxy) is 1. The van der Waals surface area contributed by atoms with E-state index in [1.54, 1.807) is 21.3 Å². The second-order valence-corrected chi connectivity index (χ2v) is 9.70. The molecule has 0 aromatic carbocycles. The standard InChI is InChI=1S/C15H31NO5Si/c1-12(22(18-2,19-3)20-4)13-5-6-15(17)14(11-13)16-7-9-21-10-8-16/h12-15,17H,5-11H2,1-4H3. The Hall–Kier alpha value is -0.0231. The number of aliphatic hydroxyl groups is 1. The molecule has 4 atom stereocenters. The van der Waals surface area contributed by atoms with Crippen molar-refractivity contribution in [1.29, 1.82) is 0 Å². The van der Waals surface area contributed by atoms with Crippen molar-refractivity contribution in [2.75, 3.05) is 47.6 Å². The largest absolute Gasteiger partial charge is 0.503 e. The van der Waals surface area contributed by atoms with Crippen molar-refractivity contribution in [2.45, 2.75) is 43.9 Å². The molecule has 0 aromatic rings. The summed E-state index contributed by atoms with van der Waals surface area (Å²) in [6.45, 7) is 5.50. The predicted octanol–water partition coefficient (Wildman–Crippen LogP) is 1.12. The molecule has 1 aliphatic carbocycles. The second-order valence-electron chi connectivity index (χ2n) is 6.36. The number of rotatable bonds is 6. The molecule has 0 spiro atoms. The average molecular weight is 334 g/mol. The summed E-state index contributed by atoms with van der Waals surface area (Å²) in [5.74, 6) is 0.447. The highest BCUT2D eigenvalue weighted by atomic mass is 28.4. The summed E-state index contributed by atoms with van der Waals surface area (Å²) in [7, 11) is 2.39. The van der Waals surface area contributed by atoms with Gasteiger partial charge in [-0.3, -0.25) is 4.90 Å². The van der Waals surface area contributed by atoms with Crippen molar-refractivity contribution in [3.63, 3.8) is 0 Å². The summed E-state index contributed by atoms with van der Waals surface area (Å²) in [4.78, 5) is 2.38. The first-order chi connectivity index (χ1) is 10.6. The third-order valence-electron chi connectivity index (χ3n) is 5.45. The lowest BCUT2D eigenvalue weighted by Gasteiger charge is -2.45. The number of hydrogen-bond donors (Lipinski definition) is 1. The van der Waals surface area contributed by atoms with Crippen LogP contribution in [0.1, 0.15) is 26.2 Å². The summed E-state index contributed by atoms with van der Waals surface area (Å²) in [5.41, 5.74) is 0.226. The molecule has 0 amide bonds. The van der Waals surface area contributed by atoms with Crippen LogP contribution in [0, 0.1) is 5.92 Å². The predicted molar refractivity (Wildman–Crippen MR) is 85.7 cm³/mol. The Kier molecular flexibility index (Phi) is 6.82. The molecule has 0 bridgehead atoms. The Morgan fingerprint density at radius 2 is 1.68 bits per heavy atom. The minimum atomic E-state index is -2.63. The summed E-state index contributed by atoms with van der Waals surface area (Å²) < 4.78 is 22.4. The van der Waals surface area contributed by atoms with E-state index >= 15 is 0 Å². The molecule has 130 valence electrons. The molecular formula is C15H31NO5Si. The number of morpholine rings is 1. The van der Waals surface area contributed by atoms with Gasteiger partial charge in [-0.2, -0.15) is 0 Å². The maximum atomic E-state index is 10.4. The summed E-state index contributed by atoms with van der Waals surface area (Å²) >= 11 is 0. The minimum absolute atomic E-state index is 0.211. The fourth-order valence-electron chi connectivity index (χ4n) is 4.01. The Labute approximate surface area is 135 Å². The third kappa shape index (κ3) is 3.72. The number of nitrogens with zero attached hydrogens (tertiary/aromatic N) is 1. The van der Waals surface area contributed by atoms with E-state index in [4.69, 9.17) is 18.0 Å². The summed E-state index contributed by atoms with van der Waals surface area (Å²) in [5, 5.41) is 10.4. The highest BCUT2D eigenvalue weighted by Gasteiger charge is 2.50. The van der Waals surface area contributed by atoms with E-state index in [0.717, 1.165) is 45.6 Å². The van der Waals surface area contributed by atoms with Crippen molar-refractivity contribution in [1.82, 2.24) is 4.90 Å². The third-order valence-corrected chi connectivity index (χ3v) is 8.75. The Bertz CT molecular complexity index is 328. The average Bonchev–Trinajstić information content (AvgIpc) is 2.58. The molecule has 7 heteroatoms. The Morgan fingerprint density at radius 1 is 1.09 bits per heavy atom. The maximum absolute atomic E-state index is 10.4. The van der Waals surface area contributed by atoms with Crippen LogP contribution in [-0.4, -0.2) is 78.6 Å². The molecular weight excluding hydrogens is 302 g/mol. The minimum Gasteiger partial charge on any atom is -0.391 e. The van der Waals surface area contributed by atoms with Gasteiger partial charge in [-0.1, -0.05) is 6.92 Å². The van der Waals surface area contributed by atoms with E-state index in [1.165, 1.54) is 0 Å². The molecule has 2 rings (SSSR count). The second kappa shape index (κ2) is 8.19. The van der Waals surface area contributed by atoms with E-state index in [9.17, 15) is 5.11 Å². The summed E-state index contributed by atoms with van der Waals surface area (Å²) in [6, 6.07) is 0.211. The lowest BCUT2D eigenvalue weighted by molar-refractivity contribution is -0.0477. The lowest BCUT2D eigenvalue weighted by Crippen LogP contribution is -2.55. The van der Waals surface area contributed by atoms with E-state index in [0.29, 0.717) is 5.92 Å². The molecule has 2 fully saturated rings. The smallest absolute Gasteiger partial charge is 0.391 e. The van der Waals surface area contributed by atoms with Crippen molar-refractivity contribution in [3.8, 4) is 0 Å². The Balaban J connectivity index is 2.05. The van der Waals surface area contributed by atoms with Crippen molar-refractivity contribution < 1.29 is 23.1 Å². The summed E-state index contributed by atoms with van der Waals surface area (Å²) in [6.07, 6.45) is 2.55. The van der Waals surface area contributed by atoms with Gasteiger partial charge in [-0.25, -0.2) is 0 Å². The molecule has 2 aliphatic rings. The van der Waals surface area contributed by atoms with Gasteiger partial charge in [0.25, 0.3) is 0 Å². The molecule has 4 unspecified atom stereocenters. The van der Waals surface area contributed by atoms with Gasteiger partial charge in [0.15, 0.2) is 0 Å². The van der Waals surface area contributed by atoms with E-state index in [1.807, 2.05) is 0 Å². The van der Waals surface area contributed by atoms with Gasteiger partial charge >= 0.3 is 8.80 Å². The zero-order valence-electron chi connectivity index (χ0n) is 14.3. The first-order valence-electron chi connectivity index (χ1n) is 8.23. The SMILES string of the molecule is CO[Si](OC)(OC)C(C)C1CCC(O)C(N2CCOCC2)C1. The van der Waals surface area contributed by atoms with Crippen LogP contribution in [0.5, 0.6) is 0 Å². The lowest BCUT2D eigenvalue weighted by atomic mass is 9.81. The molecule has 1 saturated heterocycles. The van der Waals surface area contributed by atoms with Gasteiger partial charge in [0.1, 0.15) is 0 Å². The van der Waals surface area contributed by atoms with Crippen molar-refractivity contribution in [2.24, 2.45) is 5.92 Å². The number of aliphatic hydroxyl groups excluding tert-OH is 1. The maximum Gasteiger partial charge on any atom is 0.503 e. The van der Waals surface area contributed by atoms with Gasteiger partial charge in [-0.05, 0) is 25.2 Å². The van der Waals surface area contributed by atoms with E-state index in [2.05, 4.69) is 11.8 Å². The molecule has 22 heavy (non-hydrogen) atoms. The molecule has 0 radical (unpaired) electrons. The van der Waals surface area contributed by atoms with Crippen LogP contribution in [0.25, 0.3) is 0 Å². The van der Waals surface area contributed by atoms with Gasteiger partial charge < -0.3 is 23.1 Å². The fourth-order valence-corrected chi connectivity index (χ4v) is 6.51. The van der Waals surface area contributed by atoms with Crippen LogP contribution >= 0.6 is 0 Å². The van der Waals surface area contributed by atoms with Crippen LogP contribution in [-0.2, 0) is 18.0 Å². The molecule has 0 aromatic heterocycles. The van der Waals surface area contributed by atoms with Crippen LogP contribution in [0.2, 0.25) is 5.54 Å². The molecule has 1 aliphatic heterocycles. The van der Waals surface area contributed by atoms with Crippen LogP contribution in [0.15, 0.2) is 0 Å². The fraction of sp³-hybridized carbons (Fsp3) is 1.00. The van der Waals surface area contributed by atoms with E-state index < -0.39 is 8.80 Å². The zero-order chi connectivity index (χ0) is 16.2.